The molecule has 0 aromatic heterocycles. The Kier molecular flexibility index (Phi) is 2.44. The van der Waals surface area contributed by atoms with Crippen molar-refractivity contribution in [3.8, 4) is 0 Å². The predicted molar refractivity (Wildman–Crippen MR) is 45.3 cm³/mol. The molecule has 0 saturated carbocycles. The van der Waals surface area contributed by atoms with Crippen molar-refractivity contribution >= 4 is 15.7 Å². The largest absolute Gasteiger partial charge is 0.393 e. The Bertz CT molecular complexity index is 127. The van der Waals surface area contributed by atoms with Crippen LogP contribution in [0.4, 0.5) is 13.2 Å². The van der Waals surface area contributed by atoms with Gasteiger partial charge in [0.25, 0.3) is 0 Å². The molecular formula is C6H13B2F3. The third kappa shape index (κ3) is 1.94. The molecule has 11 heavy (non-hydrogen) atoms. The van der Waals surface area contributed by atoms with E-state index in [-0.39, 0.29) is 0 Å². The van der Waals surface area contributed by atoms with E-state index in [1.807, 2.05) is 0 Å². The van der Waals surface area contributed by atoms with Gasteiger partial charge >= 0.3 is 6.18 Å². The van der Waals surface area contributed by atoms with Crippen molar-refractivity contribution in [2.75, 3.05) is 0 Å². The van der Waals surface area contributed by atoms with Gasteiger partial charge in [0.15, 0.2) is 0 Å². The first-order valence-electron chi connectivity index (χ1n) is 3.57. The van der Waals surface area contributed by atoms with E-state index < -0.39 is 16.8 Å². The molecule has 0 bridgehead atoms. The third-order valence-electron chi connectivity index (χ3n) is 2.58. The Hall–Kier alpha value is -0.0801. The molecule has 5 heteroatoms. The first-order valence-corrected chi connectivity index (χ1v) is 3.57. The second kappa shape index (κ2) is 2.46. The summed E-state index contributed by atoms with van der Waals surface area (Å²) in [5, 5.41) is -0.745. The zero-order valence-electron chi connectivity index (χ0n) is 7.63. The van der Waals surface area contributed by atoms with E-state index in [0.29, 0.717) is 0 Å². The average molecular weight is 164 g/mol. The van der Waals surface area contributed by atoms with Gasteiger partial charge in [0, 0.05) is 0 Å². The maximum Gasteiger partial charge on any atom is 0.393 e. The molecule has 0 aromatic carbocycles. The number of halogens is 3. The molecule has 0 nitrogen and oxygen atoms in total. The van der Waals surface area contributed by atoms with Crippen LogP contribution in [-0.4, -0.2) is 21.9 Å². The van der Waals surface area contributed by atoms with Gasteiger partial charge in [0.2, 0.25) is 0 Å². The van der Waals surface area contributed by atoms with Gasteiger partial charge in [0.05, 0.1) is 21.1 Å². The van der Waals surface area contributed by atoms with Crippen molar-refractivity contribution in [3.63, 3.8) is 0 Å². The van der Waals surface area contributed by atoms with Crippen LogP contribution in [-0.2, 0) is 0 Å². The van der Waals surface area contributed by atoms with Crippen LogP contribution in [0.25, 0.3) is 0 Å². The molecule has 64 valence electrons. The van der Waals surface area contributed by atoms with Gasteiger partial charge in [-0.1, -0.05) is 26.0 Å². The molecule has 0 aromatic rings. The van der Waals surface area contributed by atoms with Gasteiger partial charge in [-0.3, -0.25) is 0 Å². The maximum absolute atomic E-state index is 12.3. The monoisotopic (exact) mass is 164 g/mol. The van der Waals surface area contributed by atoms with Crippen LogP contribution in [0.15, 0.2) is 0 Å². The minimum Gasteiger partial charge on any atom is -0.171 e. The zero-order valence-corrected chi connectivity index (χ0v) is 7.63. The standard InChI is InChI=1S/C6H13B2F3/c1-4(2,5(3,7)8)6(9,10)11/h7-8H2,1-3H3. The number of rotatable bonds is 1. The lowest BCUT2D eigenvalue weighted by atomic mass is 9.44. The number of alkyl halides is 3. The summed E-state index contributed by atoms with van der Waals surface area (Å²) >= 11 is 0. The van der Waals surface area contributed by atoms with Gasteiger partial charge in [0.1, 0.15) is 0 Å². The summed E-state index contributed by atoms with van der Waals surface area (Å²) in [7, 11) is 3.20. The molecule has 0 aliphatic carbocycles. The normalized spacial score (nSPS) is 15.1. The Morgan fingerprint density at radius 1 is 0.909 bits per heavy atom. The summed E-state index contributed by atoms with van der Waals surface area (Å²) < 4.78 is 37.0. The van der Waals surface area contributed by atoms with Crippen LogP contribution in [0.2, 0.25) is 5.21 Å². The number of hydrogen-bond donors (Lipinski definition) is 0. The minimum atomic E-state index is -4.12. The quantitative estimate of drug-likeness (QED) is 0.506. The SMILES string of the molecule is BC(B)(C)C(C)(C)C(F)(F)F. The minimum absolute atomic E-state index is 0.745. The van der Waals surface area contributed by atoms with Crippen molar-refractivity contribution in [2.24, 2.45) is 5.41 Å². The van der Waals surface area contributed by atoms with Gasteiger partial charge in [-0.05, 0) is 0 Å². The smallest absolute Gasteiger partial charge is 0.171 e. The molecule has 0 aliphatic rings. The summed E-state index contributed by atoms with van der Waals surface area (Å²) in [6, 6.07) is 0. The van der Waals surface area contributed by atoms with Gasteiger partial charge in [-0.2, -0.15) is 13.2 Å². The highest BCUT2D eigenvalue weighted by Gasteiger charge is 2.53. The lowest BCUT2D eigenvalue weighted by Gasteiger charge is -2.40. The molecule has 0 radical (unpaired) electrons. The first kappa shape index (κ1) is 10.9. The van der Waals surface area contributed by atoms with Crippen LogP contribution in [0.3, 0.4) is 0 Å². The molecule has 0 amide bonds. The van der Waals surface area contributed by atoms with E-state index in [1.54, 1.807) is 22.6 Å². The zero-order chi connectivity index (χ0) is 9.50. The second-order valence-corrected chi connectivity index (χ2v) is 4.37. The Balaban J connectivity index is 4.75. The molecule has 0 fully saturated rings. The van der Waals surface area contributed by atoms with Crippen molar-refractivity contribution in [2.45, 2.75) is 32.2 Å². The lowest BCUT2D eigenvalue weighted by Crippen LogP contribution is -2.42. The summed E-state index contributed by atoms with van der Waals surface area (Å²) in [6.45, 7) is 4.06. The summed E-state index contributed by atoms with van der Waals surface area (Å²) in [6.07, 6.45) is -4.12. The summed E-state index contributed by atoms with van der Waals surface area (Å²) in [5.41, 5.74) is -1.62. The van der Waals surface area contributed by atoms with Crippen LogP contribution < -0.4 is 0 Å². The molecule has 0 unspecified atom stereocenters. The topological polar surface area (TPSA) is 0 Å². The summed E-state index contributed by atoms with van der Waals surface area (Å²) in [4.78, 5) is 0. The van der Waals surface area contributed by atoms with Crippen molar-refractivity contribution in [3.05, 3.63) is 0 Å². The van der Waals surface area contributed by atoms with Crippen LogP contribution >= 0.6 is 0 Å². The molecule has 0 rings (SSSR count). The van der Waals surface area contributed by atoms with Gasteiger partial charge < -0.3 is 0 Å². The molecule has 0 saturated heterocycles. The Labute approximate surface area is 67.4 Å². The lowest BCUT2D eigenvalue weighted by molar-refractivity contribution is -0.215. The van der Waals surface area contributed by atoms with E-state index in [4.69, 9.17) is 0 Å². The molecule has 0 spiro atoms. The fourth-order valence-electron chi connectivity index (χ4n) is 0.425. The molecular weight excluding hydrogens is 151 g/mol. The van der Waals surface area contributed by atoms with E-state index >= 15 is 0 Å². The van der Waals surface area contributed by atoms with Crippen LogP contribution in [0.5, 0.6) is 0 Å². The van der Waals surface area contributed by atoms with E-state index in [9.17, 15) is 13.2 Å². The average Bonchev–Trinajstić information content (AvgIpc) is 1.58. The van der Waals surface area contributed by atoms with Crippen LogP contribution in [0, 0.1) is 5.41 Å². The fraction of sp³-hybridized carbons (Fsp3) is 1.00. The summed E-state index contributed by atoms with van der Waals surface area (Å²) in [5.74, 6) is 0. The maximum atomic E-state index is 12.3. The van der Waals surface area contributed by atoms with Gasteiger partial charge in [-0.25, -0.2) is 0 Å². The van der Waals surface area contributed by atoms with Gasteiger partial charge in [-0.15, -0.1) is 0 Å². The first-order chi connectivity index (χ1) is 4.50. The van der Waals surface area contributed by atoms with E-state index in [0.717, 1.165) is 0 Å². The highest BCUT2D eigenvalue weighted by Crippen LogP contribution is 2.51. The highest BCUT2D eigenvalue weighted by molar-refractivity contribution is 6.40. The van der Waals surface area contributed by atoms with Crippen molar-refractivity contribution in [1.82, 2.24) is 0 Å². The van der Waals surface area contributed by atoms with Crippen LogP contribution in [0.1, 0.15) is 20.8 Å². The van der Waals surface area contributed by atoms with E-state index in [1.165, 1.54) is 13.8 Å². The molecule has 0 atom stereocenters. The molecule has 0 heterocycles. The number of hydrogen-bond acceptors (Lipinski definition) is 0. The third-order valence-corrected chi connectivity index (χ3v) is 2.58. The molecule has 0 aliphatic heterocycles. The van der Waals surface area contributed by atoms with E-state index in [2.05, 4.69) is 0 Å². The predicted octanol–water partition coefficient (Wildman–Crippen LogP) is 0.977. The Morgan fingerprint density at radius 3 is 1.18 bits per heavy atom. The van der Waals surface area contributed by atoms with Crippen molar-refractivity contribution in [1.29, 1.82) is 0 Å². The fourth-order valence-corrected chi connectivity index (χ4v) is 0.425. The Morgan fingerprint density at radius 2 is 1.18 bits per heavy atom. The highest BCUT2D eigenvalue weighted by atomic mass is 19.4. The second-order valence-electron chi connectivity index (χ2n) is 4.37. The van der Waals surface area contributed by atoms with Crippen molar-refractivity contribution < 1.29 is 13.2 Å². The molecule has 0 N–H and O–H groups in total.